The van der Waals surface area contributed by atoms with Gasteiger partial charge in [-0.2, -0.15) is 0 Å². The standard InChI is InChI=1S/C12H8BrClN2O3/c1-7-10(16(17)18)4-5-12(15-7)19-11-6-8(13)2-3-9(11)14/h2-6H,1H3. The summed E-state index contributed by atoms with van der Waals surface area (Å²) < 4.78 is 6.32. The van der Waals surface area contributed by atoms with Crippen molar-refractivity contribution in [3.8, 4) is 11.6 Å². The van der Waals surface area contributed by atoms with Crippen molar-refractivity contribution in [2.45, 2.75) is 6.92 Å². The Balaban J connectivity index is 2.31. The first-order valence-corrected chi connectivity index (χ1v) is 6.39. The molecule has 0 saturated carbocycles. The van der Waals surface area contributed by atoms with Gasteiger partial charge in [0.25, 0.3) is 5.69 Å². The van der Waals surface area contributed by atoms with Crippen LogP contribution in [-0.4, -0.2) is 9.91 Å². The zero-order chi connectivity index (χ0) is 14.0. The van der Waals surface area contributed by atoms with Gasteiger partial charge in [-0.05, 0) is 25.1 Å². The van der Waals surface area contributed by atoms with Crippen LogP contribution in [0.15, 0.2) is 34.8 Å². The first-order valence-electron chi connectivity index (χ1n) is 5.22. The zero-order valence-corrected chi connectivity index (χ0v) is 12.1. The minimum absolute atomic E-state index is 0.0484. The van der Waals surface area contributed by atoms with Crippen molar-refractivity contribution < 1.29 is 9.66 Å². The Morgan fingerprint density at radius 2 is 2.11 bits per heavy atom. The lowest BCUT2D eigenvalue weighted by Gasteiger charge is -2.07. The van der Waals surface area contributed by atoms with Crippen molar-refractivity contribution in [2.24, 2.45) is 0 Å². The van der Waals surface area contributed by atoms with Crippen molar-refractivity contribution in [3.05, 3.63) is 55.6 Å². The molecule has 7 heteroatoms. The van der Waals surface area contributed by atoms with E-state index in [1.807, 2.05) is 0 Å². The topological polar surface area (TPSA) is 65.3 Å². The molecule has 0 atom stereocenters. The van der Waals surface area contributed by atoms with E-state index in [0.29, 0.717) is 10.8 Å². The monoisotopic (exact) mass is 342 g/mol. The van der Waals surface area contributed by atoms with E-state index in [4.69, 9.17) is 16.3 Å². The summed E-state index contributed by atoms with van der Waals surface area (Å²) in [6.07, 6.45) is 0. The summed E-state index contributed by atoms with van der Waals surface area (Å²) in [5, 5.41) is 11.1. The van der Waals surface area contributed by atoms with Crippen LogP contribution in [0.25, 0.3) is 0 Å². The van der Waals surface area contributed by atoms with E-state index in [0.717, 1.165) is 4.47 Å². The van der Waals surface area contributed by atoms with E-state index in [1.54, 1.807) is 25.1 Å². The van der Waals surface area contributed by atoms with Gasteiger partial charge in [0.05, 0.1) is 9.95 Å². The molecule has 0 amide bonds. The fraction of sp³-hybridized carbons (Fsp3) is 0.0833. The van der Waals surface area contributed by atoms with Gasteiger partial charge in [0.15, 0.2) is 0 Å². The second-order valence-electron chi connectivity index (χ2n) is 3.69. The molecule has 1 aromatic heterocycles. The third-order valence-electron chi connectivity index (χ3n) is 2.34. The predicted molar refractivity (Wildman–Crippen MR) is 74.9 cm³/mol. The van der Waals surface area contributed by atoms with Crippen molar-refractivity contribution in [1.82, 2.24) is 4.98 Å². The number of pyridine rings is 1. The van der Waals surface area contributed by atoms with Crippen LogP contribution in [-0.2, 0) is 0 Å². The maximum atomic E-state index is 10.7. The van der Waals surface area contributed by atoms with Crippen LogP contribution in [0.2, 0.25) is 5.02 Å². The summed E-state index contributed by atoms with van der Waals surface area (Å²) in [7, 11) is 0. The maximum Gasteiger partial charge on any atom is 0.290 e. The number of hydrogen-bond donors (Lipinski definition) is 0. The largest absolute Gasteiger partial charge is 0.437 e. The Morgan fingerprint density at radius 1 is 1.37 bits per heavy atom. The molecule has 0 aliphatic rings. The molecule has 0 aliphatic carbocycles. The quantitative estimate of drug-likeness (QED) is 0.607. The number of halogens is 2. The fourth-order valence-corrected chi connectivity index (χ4v) is 1.94. The van der Waals surface area contributed by atoms with Crippen LogP contribution in [0, 0.1) is 17.0 Å². The van der Waals surface area contributed by atoms with Crippen LogP contribution in [0.3, 0.4) is 0 Å². The third-order valence-corrected chi connectivity index (χ3v) is 3.14. The molecule has 0 radical (unpaired) electrons. The summed E-state index contributed by atoms with van der Waals surface area (Å²) in [4.78, 5) is 14.2. The van der Waals surface area contributed by atoms with Crippen molar-refractivity contribution in [1.29, 1.82) is 0 Å². The number of nitrogens with zero attached hydrogens (tertiary/aromatic N) is 2. The number of aromatic nitrogens is 1. The molecule has 0 bridgehead atoms. The smallest absolute Gasteiger partial charge is 0.290 e. The van der Waals surface area contributed by atoms with Gasteiger partial charge in [0.2, 0.25) is 5.88 Å². The van der Waals surface area contributed by atoms with E-state index < -0.39 is 4.92 Å². The number of rotatable bonds is 3. The van der Waals surface area contributed by atoms with Crippen molar-refractivity contribution in [3.63, 3.8) is 0 Å². The lowest BCUT2D eigenvalue weighted by Crippen LogP contribution is -1.96. The molecule has 5 nitrogen and oxygen atoms in total. The molecular formula is C12H8BrClN2O3. The highest BCUT2D eigenvalue weighted by atomic mass is 79.9. The van der Waals surface area contributed by atoms with E-state index in [1.165, 1.54) is 12.1 Å². The lowest BCUT2D eigenvalue weighted by atomic mass is 10.3. The highest BCUT2D eigenvalue weighted by Crippen LogP contribution is 2.32. The molecular weight excluding hydrogens is 336 g/mol. The van der Waals surface area contributed by atoms with Gasteiger partial charge in [-0.25, -0.2) is 4.98 Å². The molecule has 1 heterocycles. The molecule has 19 heavy (non-hydrogen) atoms. The number of benzene rings is 1. The second kappa shape index (κ2) is 5.54. The molecule has 2 rings (SSSR count). The van der Waals surface area contributed by atoms with E-state index >= 15 is 0 Å². The zero-order valence-electron chi connectivity index (χ0n) is 9.76. The average Bonchev–Trinajstić information content (AvgIpc) is 2.33. The van der Waals surface area contributed by atoms with Gasteiger partial charge in [-0.1, -0.05) is 27.5 Å². The molecule has 0 aliphatic heterocycles. The number of aryl methyl sites for hydroxylation is 1. The molecule has 0 spiro atoms. The van der Waals surface area contributed by atoms with Crippen LogP contribution in [0.1, 0.15) is 5.69 Å². The lowest BCUT2D eigenvalue weighted by molar-refractivity contribution is -0.385. The van der Waals surface area contributed by atoms with Crippen molar-refractivity contribution >= 4 is 33.2 Å². The summed E-state index contributed by atoms with van der Waals surface area (Å²) in [5.74, 6) is 0.680. The second-order valence-corrected chi connectivity index (χ2v) is 5.01. The normalized spacial score (nSPS) is 10.3. The van der Waals surface area contributed by atoms with Gasteiger partial charge in [0, 0.05) is 16.6 Å². The number of nitro groups is 1. The van der Waals surface area contributed by atoms with E-state index in [-0.39, 0.29) is 17.3 Å². The molecule has 2 aromatic rings. The third kappa shape index (κ3) is 3.21. The fourth-order valence-electron chi connectivity index (χ4n) is 1.45. The summed E-state index contributed by atoms with van der Waals surface area (Å²) in [5.41, 5.74) is 0.237. The van der Waals surface area contributed by atoms with Crippen LogP contribution in [0.4, 0.5) is 5.69 Å². The Labute approximate surface area is 122 Å². The first-order chi connectivity index (χ1) is 8.97. The van der Waals surface area contributed by atoms with Crippen LogP contribution in [0.5, 0.6) is 11.6 Å². The number of hydrogen-bond acceptors (Lipinski definition) is 4. The Morgan fingerprint density at radius 3 is 2.74 bits per heavy atom. The average molecular weight is 344 g/mol. The highest BCUT2D eigenvalue weighted by Gasteiger charge is 2.13. The molecule has 98 valence electrons. The van der Waals surface area contributed by atoms with Gasteiger partial charge in [-0.15, -0.1) is 0 Å². The van der Waals surface area contributed by atoms with Gasteiger partial charge in [-0.3, -0.25) is 10.1 Å². The number of ether oxygens (including phenoxy) is 1. The van der Waals surface area contributed by atoms with Crippen LogP contribution < -0.4 is 4.74 Å². The Kier molecular flexibility index (Phi) is 4.01. The Bertz CT molecular complexity index is 649. The van der Waals surface area contributed by atoms with Gasteiger partial charge < -0.3 is 4.74 Å². The summed E-state index contributed by atoms with van der Waals surface area (Å²) in [6, 6.07) is 7.94. The van der Waals surface area contributed by atoms with Crippen molar-refractivity contribution in [2.75, 3.05) is 0 Å². The molecule has 1 aromatic carbocycles. The van der Waals surface area contributed by atoms with Gasteiger partial charge in [0.1, 0.15) is 11.4 Å². The summed E-state index contributed by atoms with van der Waals surface area (Å²) >= 11 is 9.29. The summed E-state index contributed by atoms with van der Waals surface area (Å²) in [6.45, 7) is 1.55. The van der Waals surface area contributed by atoms with Crippen LogP contribution >= 0.6 is 27.5 Å². The first kappa shape index (κ1) is 13.8. The minimum Gasteiger partial charge on any atom is -0.437 e. The molecule has 0 N–H and O–H groups in total. The molecule has 0 fully saturated rings. The van der Waals surface area contributed by atoms with E-state index in [2.05, 4.69) is 20.9 Å². The highest BCUT2D eigenvalue weighted by molar-refractivity contribution is 9.10. The predicted octanol–water partition coefficient (Wildman–Crippen LogP) is 4.51. The van der Waals surface area contributed by atoms with Gasteiger partial charge >= 0.3 is 0 Å². The maximum absolute atomic E-state index is 10.7. The SMILES string of the molecule is Cc1nc(Oc2cc(Br)ccc2Cl)ccc1[N+](=O)[O-]. The Hall–Kier alpha value is -1.66. The molecule has 0 saturated heterocycles. The van der Waals surface area contributed by atoms with E-state index in [9.17, 15) is 10.1 Å². The molecule has 0 unspecified atom stereocenters. The minimum atomic E-state index is -0.488.